The minimum Gasteiger partial charge on any atom is -0.374 e. The van der Waals surface area contributed by atoms with Gasteiger partial charge in [0, 0.05) is 23.7 Å². The van der Waals surface area contributed by atoms with E-state index in [0.717, 1.165) is 36.9 Å². The third kappa shape index (κ3) is 2.08. The van der Waals surface area contributed by atoms with Crippen LogP contribution in [0.15, 0.2) is 5.38 Å². The first-order chi connectivity index (χ1) is 6.35. The van der Waals surface area contributed by atoms with Crippen molar-refractivity contribution >= 4 is 27.5 Å². The predicted octanol–water partition coefficient (Wildman–Crippen LogP) is 2.02. The minimum atomic E-state index is -0.0181. The highest BCUT2D eigenvalue weighted by Crippen LogP contribution is 2.30. The molecule has 5 heteroatoms. The van der Waals surface area contributed by atoms with Gasteiger partial charge in [-0.25, -0.2) is 0 Å². The minimum absolute atomic E-state index is 0.0181. The van der Waals surface area contributed by atoms with Crippen LogP contribution in [0.3, 0.4) is 0 Å². The van der Waals surface area contributed by atoms with E-state index in [4.69, 9.17) is 4.74 Å². The molecule has 1 aromatic heterocycles. The molecule has 0 saturated carbocycles. The molecule has 1 aliphatic rings. The van der Waals surface area contributed by atoms with Crippen LogP contribution >= 0.6 is 27.5 Å². The molecule has 0 aromatic carbocycles. The van der Waals surface area contributed by atoms with Crippen LogP contribution in [0.2, 0.25) is 0 Å². The van der Waals surface area contributed by atoms with E-state index in [2.05, 4.69) is 25.5 Å². The molecule has 1 aliphatic heterocycles. The number of nitrogens with zero attached hydrogens (tertiary/aromatic N) is 2. The van der Waals surface area contributed by atoms with Crippen LogP contribution in [0.25, 0.3) is 0 Å². The van der Waals surface area contributed by atoms with E-state index < -0.39 is 0 Å². The Balaban J connectivity index is 2.06. The SMILES string of the molecule is BrCC1(Cc2csnn2)CCCO1. The summed E-state index contributed by atoms with van der Waals surface area (Å²) in [4.78, 5) is 0. The number of rotatable bonds is 3. The fourth-order valence-corrected chi connectivity index (χ4v) is 2.73. The lowest BCUT2D eigenvalue weighted by Gasteiger charge is -2.24. The Kier molecular flexibility index (Phi) is 2.96. The van der Waals surface area contributed by atoms with Crippen molar-refractivity contribution in [3.63, 3.8) is 0 Å². The second-order valence-electron chi connectivity index (χ2n) is 3.34. The third-order valence-electron chi connectivity index (χ3n) is 2.34. The number of aromatic nitrogens is 2. The van der Waals surface area contributed by atoms with Crippen molar-refractivity contribution in [1.29, 1.82) is 0 Å². The highest BCUT2D eigenvalue weighted by molar-refractivity contribution is 9.09. The van der Waals surface area contributed by atoms with Crippen LogP contribution in [0.1, 0.15) is 18.5 Å². The summed E-state index contributed by atoms with van der Waals surface area (Å²) in [6.45, 7) is 0.878. The second kappa shape index (κ2) is 4.02. The van der Waals surface area contributed by atoms with Gasteiger partial charge in [0.15, 0.2) is 0 Å². The highest BCUT2D eigenvalue weighted by atomic mass is 79.9. The molecule has 1 unspecified atom stereocenters. The molecule has 1 aromatic rings. The van der Waals surface area contributed by atoms with Gasteiger partial charge in [-0.05, 0) is 24.4 Å². The maximum absolute atomic E-state index is 5.75. The molecule has 13 heavy (non-hydrogen) atoms. The average molecular weight is 263 g/mol. The second-order valence-corrected chi connectivity index (χ2v) is 4.51. The van der Waals surface area contributed by atoms with Crippen LogP contribution < -0.4 is 0 Å². The van der Waals surface area contributed by atoms with Gasteiger partial charge in [-0.15, -0.1) is 5.10 Å². The molecule has 0 radical (unpaired) electrons. The van der Waals surface area contributed by atoms with Crippen LogP contribution in [-0.4, -0.2) is 27.1 Å². The molecule has 72 valence electrons. The summed E-state index contributed by atoms with van der Waals surface area (Å²) in [5.41, 5.74) is 1.03. The summed E-state index contributed by atoms with van der Waals surface area (Å²) in [7, 11) is 0. The lowest BCUT2D eigenvalue weighted by atomic mass is 9.97. The molecular formula is C8H11BrN2OS. The summed E-state index contributed by atoms with van der Waals surface area (Å²) in [5.74, 6) is 0. The summed E-state index contributed by atoms with van der Waals surface area (Å²) >= 11 is 4.91. The molecule has 0 amide bonds. The topological polar surface area (TPSA) is 35.0 Å². The lowest BCUT2D eigenvalue weighted by Crippen LogP contribution is -2.32. The molecule has 1 atom stereocenters. The molecule has 0 aliphatic carbocycles. The van der Waals surface area contributed by atoms with E-state index in [1.807, 2.05) is 5.38 Å². The Hall–Kier alpha value is -0.0000000000000000763. The lowest BCUT2D eigenvalue weighted by molar-refractivity contribution is 0.0252. The van der Waals surface area contributed by atoms with E-state index in [1.54, 1.807) is 0 Å². The standard InChI is InChI=1S/C8H11BrN2OS/c9-6-8(2-1-3-12-8)4-7-5-13-11-10-7/h5H,1-4,6H2. The van der Waals surface area contributed by atoms with Gasteiger partial charge in [0.25, 0.3) is 0 Å². The molecule has 2 rings (SSSR count). The van der Waals surface area contributed by atoms with Crippen LogP contribution in [-0.2, 0) is 11.2 Å². The zero-order valence-electron chi connectivity index (χ0n) is 7.20. The van der Waals surface area contributed by atoms with E-state index in [0.29, 0.717) is 0 Å². The van der Waals surface area contributed by atoms with E-state index in [1.165, 1.54) is 11.5 Å². The zero-order chi connectivity index (χ0) is 9.15. The summed E-state index contributed by atoms with van der Waals surface area (Å²) in [5, 5.41) is 6.92. The molecular weight excluding hydrogens is 252 g/mol. The van der Waals surface area contributed by atoms with Crippen molar-refractivity contribution in [3.05, 3.63) is 11.1 Å². The molecule has 0 bridgehead atoms. The first-order valence-electron chi connectivity index (χ1n) is 4.30. The predicted molar refractivity (Wildman–Crippen MR) is 55.3 cm³/mol. The Morgan fingerprint density at radius 3 is 3.15 bits per heavy atom. The van der Waals surface area contributed by atoms with Gasteiger partial charge in [0.2, 0.25) is 0 Å². The number of hydrogen-bond acceptors (Lipinski definition) is 4. The first kappa shape index (κ1) is 9.55. The van der Waals surface area contributed by atoms with Gasteiger partial charge in [0.1, 0.15) is 0 Å². The van der Waals surface area contributed by atoms with Crippen LogP contribution in [0, 0.1) is 0 Å². The Bertz CT molecular complexity index is 259. The third-order valence-corrected chi connectivity index (χ3v) is 3.91. The fourth-order valence-electron chi connectivity index (χ4n) is 1.64. The van der Waals surface area contributed by atoms with Crippen molar-refractivity contribution in [1.82, 2.24) is 9.59 Å². The average Bonchev–Trinajstić information content (AvgIpc) is 2.77. The largest absolute Gasteiger partial charge is 0.374 e. The molecule has 1 saturated heterocycles. The van der Waals surface area contributed by atoms with Crippen molar-refractivity contribution in [2.45, 2.75) is 24.9 Å². The van der Waals surface area contributed by atoms with Crippen molar-refractivity contribution in [2.75, 3.05) is 11.9 Å². The number of alkyl halides is 1. The molecule has 3 nitrogen and oxygen atoms in total. The Labute approximate surface area is 89.8 Å². The van der Waals surface area contributed by atoms with E-state index in [9.17, 15) is 0 Å². The number of halogens is 1. The quantitative estimate of drug-likeness (QED) is 0.782. The molecule has 1 fully saturated rings. The molecule has 0 spiro atoms. The van der Waals surface area contributed by atoms with Gasteiger partial charge < -0.3 is 4.74 Å². The highest BCUT2D eigenvalue weighted by Gasteiger charge is 2.34. The van der Waals surface area contributed by atoms with E-state index in [-0.39, 0.29) is 5.60 Å². The van der Waals surface area contributed by atoms with Crippen LogP contribution in [0.5, 0.6) is 0 Å². The van der Waals surface area contributed by atoms with Gasteiger partial charge in [-0.1, -0.05) is 20.4 Å². The smallest absolute Gasteiger partial charge is 0.0835 e. The Morgan fingerprint density at radius 2 is 2.62 bits per heavy atom. The summed E-state index contributed by atoms with van der Waals surface area (Å²) in [6.07, 6.45) is 3.16. The van der Waals surface area contributed by atoms with Crippen LogP contribution in [0.4, 0.5) is 0 Å². The van der Waals surface area contributed by atoms with Gasteiger partial charge in [0.05, 0.1) is 11.3 Å². The fraction of sp³-hybridized carbons (Fsp3) is 0.750. The summed E-state index contributed by atoms with van der Waals surface area (Å²) < 4.78 is 9.60. The zero-order valence-corrected chi connectivity index (χ0v) is 9.60. The van der Waals surface area contributed by atoms with Gasteiger partial charge in [-0.2, -0.15) is 0 Å². The molecule has 2 heterocycles. The number of hydrogen-bond donors (Lipinski definition) is 0. The first-order valence-corrected chi connectivity index (χ1v) is 6.26. The Morgan fingerprint density at radius 1 is 1.69 bits per heavy atom. The van der Waals surface area contributed by atoms with Crippen molar-refractivity contribution < 1.29 is 4.74 Å². The summed E-state index contributed by atoms with van der Waals surface area (Å²) in [6, 6.07) is 0. The maximum Gasteiger partial charge on any atom is 0.0835 e. The molecule has 0 N–H and O–H groups in total. The van der Waals surface area contributed by atoms with Gasteiger partial charge in [-0.3, -0.25) is 0 Å². The number of ether oxygens (including phenoxy) is 1. The maximum atomic E-state index is 5.75. The van der Waals surface area contributed by atoms with E-state index >= 15 is 0 Å². The normalized spacial score (nSPS) is 28.1. The van der Waals surface area contributed by atoms with Crippen molar-refractivity contribution in [3.8, 4) is 0 Å². The van der Waals surface area contributed by atoms with Gasteiger partial charge >= 0.3 is 0 Å². The van der Waals surface area contributed by atoms with Crippen molar-refractivity contribution in [2.24, 2.45) is 0 Å². The monoisotopic (exact) mass is 262 g/mol.